The number of nitrogens with zero attached hydrogens (tertiary/aromatic N) is 1. The number of hydrogen-bond donors (Lipinski definition) is 2. The number of nitrogens with one attached hydrogen (secondary N) is 1. The molecule has 0 aliphatic heterocycles. The maximum absolute atomic E-state index is 11.6. The van der Waals surface area contributed by atoms with Crippen molar-refractivity contribution in [2.24, 2.45) is 0 Å². The number of anilines is 1. The predicted octanol–water partition coefficient (Wildman–Crippen LogP) is 1.61. The summed E-state index contributed by atoms with van der Waals surface area (Å²) in [6, 6.07) is 6.39. The Balaban J connectivity index is 3.03. The Labute approximate surface area is 104 Å². The van der Waals surface area contributed by atoms with Gasteiger partial charge in [0.25, 0.3) is 5.91 Å². The largest absolute Gasteiger partial charge is 0.514 e. The van der Waals surface area contributed by atoms with Crippen molar-refractivity contribution in [1.29, 1.82) is 5.26 Å². The van der Waals surface area contributed by atoms with Crippen molar-refractivity contribution in [3.63, 3.8) is 0 Å². The molecule has 0 bridgehead atoms. The first kappa shape index (κ1) is 13.4. The zero-order valence-corrected chi connectivity index (χ0v) is 9.93. The number of hydrogen-bond acceptors (Lipinski definition) is 5. The van der Waals surface area contributed by atoms with E-state index in [0.717, 1.165) is 0 Å². The van der Waals surface area contributed by atoms with Gasteiger partial charge in [-0.15, -0.1) is 0 Å². The Bertz CT molecular complexity index is 517. The van der Waals surface area contributed by atoms with Gasteiger partial charge in [0.1, 0.15) is 23.8 Å². The number of carbonyl (C=O) groups is 1. The highest BCUT2D eigenvalue weighted by molar-refractivity contribution is 6.07. The standard InChI is InChI=1S/C12H12N2O4/c1-17-9-3-4-11(18-2)10(5-9)14-12(16)8(6-13)7-15/h3-5,7,15H,1-2H3,(H,14,16)/b8-7+. The van der Waals surface area contributed by atoms with E-state index in [-0.39, 0.29) is 0 Å². The van der Waals surface area contributed by atoms with Crippen LogP contribution in [0.5, 0.6) is 11.5 Å². The summed E-state index contributed by atoms with van der Waals surface area (Å²) >= 11 is 0. The van der Waals surface area contributed by atoms with E-state index in [2.05, 4.69) is 5.32 Å². The Morgan fingerprint density at radius 3 is 2.67 bits per heavy atom. The fourth-order valence-corrected chi connectivity index (χ4v) is 1.24. The second-order valence-electron chi connectivity index (χ2n) is 3.17. The van der Waals surface area contributed by atoms with Crippen molar-refractivity contribution in [1.82, 2.24) is 0 Å². The van der Waals surface area contributed by atoms with Gasteiger partial charge < -0.3 is 19.9 Å². The molecular weight excluding hydrogens is 236 g/mol. The molecule has 0 heterocycles. The highest BCUT2D eigenvalue weighted by Gasteiger charge is 2.13. The van der Waals surface area contributed by atoms with E-state index in [0.29, 0.717) is 23.4 Å². The van der Waals surface area contributed by atoms with Crippen LogP contribution in [0.4, 0.5) is 5.69 Å². The first-order valence-corrected chi connectivity index (χ1v) is 4.94. The van der Waals surface area contributed by atoms with Crippen molar-refractivity contribution < 1.29 is 19.4 Å². The lowest BCUT2D eigenvalue weighted by Gasteiger charge is -2.11. The normalized spacial score (nSPS) is 10.4. The number of methoxy groups -OCH3 is 2. The maximum Gasteiger partial charge on any atom is 0.269 e. The Morgan fingerprint density at radius 2 is 2.17 bits per heavy atom. The zero-order chi connectivity index (χ0) is 13.5. The lowest BCUT2D eigenvalue weighted by atomic mass is 10.2. The summed E-state index contributed by atoms with van der Waals surface area (Å²) in [5.41, 5.74) is -0.0590. The minimum absolute atomic E-state index is 0.344. The van der Waals surface area contributed by atoms with Crippen LogP contribution in [-0.2, 0) is 4.79 Å². The van der Waals surface area contributed by atoms with Crippen LogP contribution in [0.3, 0.4) is 0 Å². The summed E-state index contributed by atoms with van der Waals surface area (Å²) in [6.45, 7) is 0. The molecule has 0 aliphatic carbocycles. The molecule has 0 aromatic heterocycles. The molecule has 6 heteroatoms. The van der Waals surface area contributed by atoms with Crippen LogP contribution in [0.25, 0.3) is 0 Å². The summed E-state index contributed by atoms with van der Waals surface area (Å²) < 4.78 is 10.1. The van der Waals surface area contributed by atoms with E-state index < -0.39 is 11.5 Å². The van der Waals surface area contributed by atoms with Gasteiger partial charge in [-0.25, -0.2) is 0 Å². The summed E-state index contributed by atoms with van der Waals surface area (Å²) in [4.78, 5) is 11.6. The number of ether oxygens (including phenoxy) is 2. The molecule has 1 rings (SSSR count). The second-order valence-corrected chi connectivity index (χ2v) is 3.17. The molecule has 0 radical (unpaired) electrons. The van der Waals surface area contributed by atoms with Crippen molar-refractivity contribution in [3.05, 3.63) is 30.0 Å². The maximum atomic E-state index is 11.6. The average Bonchev–Trinajstić information content (AvgIpc) is 2.40. The van der Waals surface area contributed by atoms with Gasteiger partial charge >= 0.3 is 0 Å². The molecule has 1 aromatic carbocycles. The number of rotatable bonds is 4. The minimum atomic E-state index is -0.730. The van der Waals surface area contributed by atoms with Crippen LogP contribution in [0.1, 0.15) is 0 Å². The summed E-state index contributed by atoms with van der Waals surface area (Å²) in [7, 11) is 2.94. The number of benzene rings is 1. The number of carbonyl (C=O) groups excluding carboxylic acids is 1. The second kappa shape index (κ2) is 6.15. The van der Waals surface area contributed by atoms with Gasteiger partial charge in [-0.05, 0) is 12.1 Å². The number of aliphatic hydroxyl groups is 1. The molecule has 0 atom stereocenters. The van der Waals surface area contributed by atoms with E-state index in [1.807, 2.05) is 0 Å². The fourth-order valence-electron chi connectivity index (χ4n) is 1.24. The van der Waals surface area contributed by atoms with E-state index in [1.165, 1.54) is 14.2 Å². The fraction of sp³-hybridized carbons (Fsp3) is 0.167. The van der Waals surface area contributed by atoms with E-state index in [9.17, 15) is 4.79 Å². The molecule has 18 heavy (non-hydrogen) atoms. The van der Waals surface area contributed by atoms with Crippen molar-refractivity contribution in [2.45, 2.75) is 0 Å². The SMILES string of the molecule is COc1ccc(OC)c(NC(=O)/C(C#N)=C/O)c1. The average molecular weight is 248 g/mol. The molecule has 0 aliphatic rings. The molecule has 2 N–H and O–H groups in total. The Hall–Kier alpha value is -2.68. The third-order valence-electron chi connectivity index (χ3n) is 2.15. The molecular formula is C12H12N2O4. The zero-order valence-electron chi connectivity index (χ0n) is 9.93. The molecule has 1 aromatic rings. The highest BCUT2D eigenvalue weighted by atomic mass is 16.5. The predicted molar refractivity (Wildman–Crippen MR) is 64.5 cm³/mol. The van der Waals surface area contributed by atoms with E-state index >= 15 is 0 Å². The van der Waals surface area contributed by atoms with Crippen LogP contribution >= 0.6 is 0 Å². The smallest absolute Gasteiger partial charge is 0.269 e. The molecule has 0 spiro atoms. The van der Waals surface area contributed by atoms with Gasteiger partial charge in [-0.2, -0.15) is 5.26 Å². The summed E-state index contributed by atoms with van der Waals surface area (Å²) in [6.07, 6.45) is 0.446. The first-order valence-electron chi connectivity index (χ1n) is 4.94. The lowest BCUT2D eigenvalue weighted by Crippen LogP contribution is -2.14. The first-order chi connectivity index (χ1) is 8.65. The van der Waals surface area contributed by atoms with Crippen molar-refractivity contribution in [2.75, 3.05) is 19.5 Å². The summed E-state index contributed by atoms with van der Waals surface area (Å²) in [5, 5.41) is 19.8. The van der Waals surface area contributed by atoms with Gasteiger partial charge in [-0.1, -0.05) is 0 Å². The van der Waals surface area contributed by atoms with E-state index in [4.69, 9.17) is 19.8 Å². The van der Waals surface area contributed by atoms with Crippen molar-refractivity contribution >= 4 is 11.6 Å². The van der Waals surface area contributed by atoms with Crippen LogP contribution in [0.2, 0.25) is 0 Å². The Morgan fingerprint density at radius 1 is 1.44 bits per heavy atom. The van der Waals surface area contributed by atoms with Gasteiger partial charge in [0.05, 0.1) is 19.9 Å². The molecule has 0 saturated carbocycles. The summed E-state index contributed by atoms with van der Waals surface area (Å²) in [5.74, 6) is 0.212. The third kappa shape index (κ3) is 2.92. The minimum Gasteiger partial charge on any atom is -0.514 e. The molecule has 1 amide bonds. The van der Waals surface area contributed by atoms with Gasteiger partial charge in [0.2, 0.25) is 0 Å². The van der Waals surface area contributed by atoms with Crippen LogP contribution < -0.4 is 14.8 Å². The lowest BCUT2D eigenvalue weighted by molar-refractivity contribution is -0.112. The molecule has 0 fully saturated rings. The number of amides is 1. The number of aliphatic hydroxyl groups excluding tert-OH is 1. The van der Waals surface area contributed by atoms with E-state index in [1.54, 1.807) is 24.3 Å². The van der Waals surface area contributed by atoms with Crippen LogP contribution in [-0.4, -0.2) is 25.2 Å². The number of nitriles is 1. The third-order valence-corrected chi connectivity index (χ3v) is 2.15. The van der Waals surface area contributed by atoms with Crippen molar-refractivity contribution in [3.8, 4) is 17.6 Å². The highest BCUT2D eigenvalue weighted by Crippen LogP contribution is 2.29. The van der Waals surface area contributed by atoms with Gasteiger partial charge in [0.15, 0.2) is 5.57 Å². The van der Waals surface area contributed by atoms with Gasteiger partial charge in [0, 0.05) is 6.07 Å². The van der Waals surface area contributed by atoms with Crippen LogP contribution in [0.15, 0.2) is 30.0 Å². The molecule has 0 unspecified atom stereocenters. The van der Waals surface area contributed by atoms with Gasteiger partial charge in [-0.3, -0.25) is 4.79 Å². The van der Waals surface area contributed by atoms with Crippen LogP contribution in [0, 0.1) is 11.3 Å². The molecule has 0 saturated heterocycles. The quantitative estimate of drug-likeness (QED) is 0.479. The topological polar surface area (TPSA) is 91.6 Å². The molecule has 6 nitrogen and oxygen atoms in total. The monoisotopic (exact) mass is 248 g/mol. The molecule has 94 valence electrons. The Kier molecular flexibility index (Phi) is 4.58.